The highest BCUT2D eigenvalue weighted by molar-refractivity contribution is 6.24. The van der Waals surface area contributed by atoms with E-state index in [1.54, 1.807) is 0 Å². The number of nitrogens with zero attached hydrogens (tertiary/aromatic N) is 4. The van der Waals surface area contributed by atoms with E-state index in [0.717, 1.165) is 33.2 Å². The van der Waals surface area contributed by atoms with Crippen LogP contribution in [0, 0.1) is 0 Å². The molecule has 0 saturated carbocycles. The second kappa shape index (κ2) is 13.6. The van der Waals surface area contributed by atoms with Crippen molar-refractivity contribution in [1.29, 1.82) is 0 Å². The second-order valence-electron chi connectivity index (χ2n) is 16.2. The first-order chi connectivity index (χ1) is 30.7. The average molecular weight is 789 g/mol. The summed E-state index contributed by atoms with van der Waals surface area (Å²) in [6.45, 7) is 0. The highest BCUT2D eigenvalue weighted by Gasteiger charge is 2.21. The Hall–Kier alpha value is -8.34. The molecule has 0 aliphatic heterocycles. The van der Waals surface area contributed by atoms with Crippen LogP contribution in [0.25, 0.3) is 121 Å². The lowest BCUT2D eigenvalue weighted by Gasteiger charge is -2.14. The number of rotatable bonds is 5. The maximum Gasteiger partial charge on any atom is 0.235 e. The summed E-state index contributed by atoms with van der Waals surface area (Å²) < 4.78 is 4.63. The van der Waals surface area contributed by atoms with Crippen LogP contribution in [0.1, 0.15) is 0 Å². The molecule has 13 aromatic rings. The van der Waals surface area contributed by atoms with Crippen LogP contribution in [0.15, 0.2) is 218 Å². The van der Waals surface area contributed by atoms with Gasteiger partial charge in [0.1, 0.15) is 0 Å². The summed E-state index contributed by atoms with van der Waals surface area (Å²) in [5, 5.41) is 10.7. The highest BCUT2D eigenvalue weighted by atomic mass is 15.2. The molecule has 0 spiro atoms. The van der Waals surface area contributed by atoms with Gasteiger partial charge in [-0.1, -0.05) is 158 Å². The van der Waals surface area contributed by atoms with Crippen molar-refractivity contribution in [1.82, 2.24) is 19.1 Å². The molecule has 0 saturated heterocycles. The zero-order valence-electron chi connectivity index (χ0n) is 33.6. The highest BCUT2D eigenvalue weighted by Crippen LogP contribution is 2.43. The third-order valence-corrected chi connectivity index (χ3v) is 12.7. The first-order valence-electron chi connectivity index (χ1n) is 21.2. The number of hydrogen-bond donors (Lipinski definition) is 0. The molecule has 10 aromatic carbocycles. The van der Waals surface area contributed by atoms with Crippen LogP contribution < -0.4 is 0 Å². The van der Waals surface area contributed by atoms with Gasteiger partial charge in [0.25, 0.3) is 0 Å². The van der Waals surface area contributed by atoms with Crippen LogP contribution in [0.2, 0.25) is 0 Å². The minimum Gasteiger partial charge on any atom is -0.309 e. The molecule has 0 N–H and O–H groups in total. The van der Waals surface area contributed by atoms with Gasteiger partial charge in [-0.3, -0.25) is 4.57 Å². The molecule has 3 heterocycles. The van der Waals surface area contributed by atoms with Crippen molar-refractivity contribution in [3.63, 3.8) is 0 Å². The molecule has 4 heteroatoms. The fourth-order valence-electron chi connectivity index (χ4n) is 9.87. The van der Waals surface area contributed by atoms with Gasteiger partial charge in [-0.05, 0) is 104 Å². The first-order valence-corrected chi connectivity index (χ1v) is 21.2. The van der Waals surface area contributed by atoms with Gasteiger partial charge in [0.05, 0.1) is 33.3 Å². The van der Waals surface area contributed by atoms with Crippen LogP contribution in [-0.2, 0) is 0 Å². The van der Waals surface area contributed by atoms with E-state index in [0.29, 0.717) is 5.95 Å². The standard InChI is InChI=1S/C58H36N4/c1-3-15-37(16-4-1)57-47-22-9-12-24-51(47)59-58(60-57)62-53-26-14-11-23-48(53)56-46-21-8-7-19-44(46)49(36-55(56)62)42-30-29-38-33-39(27-28-40(38)34-42)41-31-32-54-50(35-41)45-20-10-13-25-52(45)61(54)43-17-5-2-6-18-43/h1-36H. The molecule has 0 atom stereocenters. The van der Waals surface area contributed by atoms with E-state index in [9.17, 15) is 0 Å². The predicted octanol–water partition coefficient (Wildman–Crippen LogP) is 15.1. The van der Waals surface area contributed by atoms with Crippen LogP contribution in [0.3, 0.4) is 0 Å². The Morgan fingerprint density at radius 3 is 1.66 bits per heavy atom. The summed E-state index contributed by atoms with van der Waals surface area (Å²) in [4.78, 5) is 10.6. The Labute approximate surface area is 357 Å². The van der Waals surface area contributed by atoms with E-state index >= 15 is 0 Å². The van der Waals surface area contributed by atoms with Crippen molar-refractivity contribution in [3.05, 3.63) is 218 Å². The molecule has 0 radical (unpaired) electrons. The molecule has 4 nitrogen and oxygen atoms in total. The van der Waals surface area contributed by atoms with Crippen molar-refractivity contribution in [3.8, 4) is 45.1 Å². The molecule has 0 aliphatic carbocycles. The Morgan fingerprint density at radius 1 is 0.306 bits per heavy atom. The average Bonchev–Trinajstić information content (AvgIpc) is 3.86. The van der Waals surface area contributed by atoms with E-state index < -0.39 is 0 Å². The lowest BCUT2D eigenvalue weighted by molar-refractivity contribution is 1.01. The number of hydrogen-bond acceptors (Lipinski definition) is 2. The Balaban J connectivity index is 0.975. The summed E-state index contributed by atoms with van der Waals surface area (Å²) in [5.74, 6) is 0.656. The fraction of sp³-hybridized carbons (Fsp3) is 0. The van der Waals surface area contributed by atoms with E-state index in [2.05, 4.69) is 221 Å². The summed E-state index contributed by atoms with van der Waals surface area (Å²) in [6, 6.07) is 78.6. The quantitative estimate of drug-likeness (QED) is 0.174. The van der Waals surface area contributed by atoms with Gasteiger partial charge in [0, 0.05) is 38.2 Å². The molecule has 62 heavy (non-hydrogen) atoms. The Morgan fingerprint density at radius 2 is 0.871 bits per heavy atom. The molecule has 0 fully saturated rings. The van der Waals surface area contributed by atoms with Gasteiger partial charge in [-0.2, -0.15) is 0 Å². The van der Waals surface area contributed by atoms with Gasteiger partial charge in [0.2, 0.25) is 5.95 Å². The Bertz CT molecular complexity index is 3920. The van der Waals surface area contributed by atoms with E-state index in [1.165, 1.54) is 82.1 Å². The number of benzene rings is 10. The smallest absolute Gasteiger partial charge is 0.235 e. The minimum absolute atomic E-state index is 0.656. The number of para-hydroxylation sites is 4. The third kappa shape index (κ3) is 5.27. The van der Waals surface area contributed by atoms with Crippen LogP contribution in [0.5, 0.6) is 0 Å². The number of aromatic nitrogens is 4. The van der Waals surface area contributed by atoms with Crippen molar-refractivity contribution >= 4 is 76.1 Å². The zero-order chi connectivity index (χ0) is 40.7. The predicted molar refractivity (Wildman–Crippen MR) is 260 cm³/mol. The van der Waals surface area contributed by atoms with Crippen molar-refractivity contribution in [2.24, 2.45) is 0 Å². The van der Waals surface area contributed by atoms with Gasteiger partial charge < -0.3 is 4.57 Å². The lowest BCUT2D eigenvalue weighted by atomic mass is 9.93. The molecule has 13 rings (SSSR count). The topological polar surface area (TPSA) is 35.6 Å². The van der Waals surface area contributed by atoms with Gasteiger partial charge in [0.15, 0.2) is 0 Å². The zero-order valence-corrected chi connectivity index (χ0v) is 33.6. The summed E-state index contributed by atoms with van der Waals surface area (Å²) >= 11 is 0. The van der Waals surface area contributed by atoms with Gasteiger partial charge in [-0.25, -0.2) is 9.97 Å². The van der Waals surface area contributed by atoms with Crippen LogP contribution in [-0.4, -0.2) is 19.1 Å². The maximum atomic E-state index is 5.37. The van der Waals surface area contributed by atoms with Crippen molar-refractivity contribution in [2.45, 2.75) is 0 Å². The van der Waals surface area contributed by atoms with Gasteiger partial charge >= 0.3 is 0 Å². The molecule has 0 aliphatic rings. The second-order valence-corrected chi connectivity index (χ2v) is 16.2. The molecular weight excluding hydrogens is 753 g/mol. The van der Waals surface area contributed by atoms with E-state index in [4.69, 9.17) is 9.97 Å². The van der Waals surface area contributed by atoms with Crippen LogP contribution >= 0.6 is 0 Å². The summed E-state index contributed by atoms with van der Waals surface area (Å²) in [6.07, 6.45) is 0. The van der Waals surface area contributed by atoms with Gasteiger partial charge in [-0.15, -0.1) is 0 Å². The minimum atomic E-state index is 0.656. The third-order valence-electron chi connectivity index (χ3n) is 12.7. The normalized spacial score (nSPS) is 11.9. The van der Waals surface area contributed by atoms with E-state index in [1.807, 2.05) is 6.07 Å². The first kappa shape index (κ1) is 34.5. The monoisotopic (exact) mass is 788 g/mol. The molecule has 0 amide bonds. The molecule has 3 aromatic heterocycles. The summed E-state index contributed by atoms with van der Waals surface area (Å²) in [7, 11) is 0. The summed E-state index contributed by atoms with van der Waals surface area (Å²) in [5.41, 5.74) is 13.4. The van der Waals surface area contributed by atoms with Crippen molar-refractivity contribution in [2.75, 3.05) is 0 Å². The fourth-order valence-corrected chi connectivity index (χ4v) is 9.87. The van der Waals surface area contributed by atoms with Crippen LogP contribution in [0.4, 0.5) is 0 Å². The maximum absolute atomic E-state index is 5.37. The molecule has 288 valence electrons. The number of fused-ring (bicyclic) bond motifs is 10. The molecular formula is C58H36N4. The largest absolute Gasteiger partial charge is 0.309 e. The van der Waals surface area contributed by atoms with E-state index in [-0.39, 0.29) is 0 Å². The SMILES string of the molecule is c1ccc(-c2nc(-n3c4ccccc4c4c5ccccc5c(-c5ccc6cc(-c7ccc8c(c7)c7ccccc7n8-c7ccccc7)ccc6c5)cc43)nc3ccccc23)cc1. The van der Waals surface area contributed by atoms with Crippen molar-refractivity contribution < 1.29 is 0 Å². The Kier molecular flexibility index (Phi) is 7.57. The molecule has 0 unspecified atom stereocenters. The lowest BCUT2D eigenvalue weighted by Crippen LogP contribution is -2.03. The molecule has 0 bridgehead atoms.